The molecular formula is C16H22N4O2. The summed E-state index contributed by atoms with van der Waals surface area (Å²) in [6.07, 6.45) is 9.50. The molecule has 118 valence electrons. The van der Waals surface area contributed by atoms with Gasteiger partial charge in [0, 0.05) is 19.6 Å². The second kappa shape index (κ2) is 5.83. The first kappa shape index (κ1) is 13.9. The van der Waals surface area contributed by atoms with Crippen LogP contribution in [-0.4, -0.2) is 33.0 Å². The molecule has 2 aromatic heterocycles. The van der Waals surface area contributed by atoms with Crippen molar-refractivity contribution in [2.45, 2.75) is 51.0 Å². The highest BCUT2D eigenvalue weighted by atomic mass is 16.5. The fourth-order valence-corrected chi connectivity index (χ4v) is 3.76. The van der Waals surface area contributed by atoms with E-state index in [1.807, 2.05) is 4.68 Å². The molecule has 0 amide bonds. The molecule has 6 heteroatoms. The van der Waals surface area contributed by atoms with Gasteiger partial charge in [0.15, 0.2) is 5.65 Å². The lowest BCUT2D eigenvalue weighted by atomic mass is 10.0. The average Bonchev–Trinajstić information content (AvgIpc) is 3.18. The van der Waals surface area contributed by atoms with E-state index in [9.17, 15) is 4.79 Å². The van der Waals surface area contributed by atoms with Gasteiger partial charge in [0.2, 0.25) is 0 Å². The van der Waals surface area contributed by atoms with Crippen LogP contribution in [0.15, 0.2) is 11.0 Å². The summed E-state index contributed by atoms with van der Waals surface area (Å²) >= 11 is 0. The van der Waals surface area contributed by atoms with Gasteiger partial charge in [0.1, 0.15) is 11.2 Å². The van der Waals surface area contributed by atoms with Gasteiger partial charge in [-0.1, -0.05) is 25.7 Å². The van der Waals surface area contributed by atoms with Crippen LogP contribution in [0, 0.1) is 5.92 Å². The summed E-state index contributed by atoms with van der Waals surface area (Å²) in [6.45, 7) is 1.51. The molecule has 2 aliphatic rings. The Bertz CT molecular complexity index is 708. The summed E-state index contributed by atoms with van der Waals surface area (Å²) < 4.78 is 7.35. The van der Waals surface area contributed by atoms with Gasteiger partial charge in [-0.05, 0) is 18.8 Å². The first-order chi connectivity index (χ1) is 10.8. The van der Waals surface area contributed by atoms with Gasteiger partial charge >= 0.3 is 0 Å². The van der Waals surface area contributed by atoms with Crippen LogP contribution >= 0.6 is 0 Å². The number of hydrogen-bond donors (Lipinski definition) is 1. The van der Waals surface area contributed by atoms with Gasteiger partial charge in [-0.2, -0.15) is 5.10 Å². The first-order valence-electron chi connectivity index (χ1n) is 8.35. The Hall–Kier alpha value is -1.69. The minimum Gasteiger partial charge on any atom is -0.381 e. The molecule has 1 aliphatic heterocycles. The highest BCUT2D eigenvalue weighted by Gasteiger charge is 2.22. The number of ether oxygens (including phenoxy) is 1. The second-order valence-corrected chi connectivity index (χ2v) is 6.54. The number of hydrogen-bond acceptors (Lipinski definition) is 4. The Morgan fingerprint density at radius 2 is 2.00 bits per heavy atom. The normalized spacial score (nSPS) is 20.9. The van der Waals surface area contributed by atoms with Gasteiger partial charge in [-0.3, -0.25) is 4.79 Å². The van der Waals surface area contributed by atoms with Crippen LogP contribution < -0.4 is 5.56 Å². The van der Waals surface area contributed by atoms with E-state index in [-0.39, 0.29) is 5.56 Å². The van der Waals surface area contributed by atoms with Crippen LogP contribution in [0.4, 0.5) is 0 Å². The van der Waals surface area contributed by atoms with Gasteiger partial charge < -0.3 is 9.72 Å². The summed E-state index contributed by atoms with van der Waals surface area (Å²) in [6, 6.07) is 0.292. The number of rotatable bonds is 3. The first-order valence-corrected chi connectivity index (χ1v) is 8.35. The third-order valence-electron chi connectivity index (χ3n) is 5.01. The standard InChI is InChI=1S/C16H22N4O2/c21-16-13-10-17-20(12-5-7-22-8-6-12)15(13)18-14(19-16)9-11-3-1-2-4-11/h10-12H,1-9H2,(H,18,19,21). The van der Waals surface area contributed by atoms with E-state index in [0.717, 1.165) is 43.9 Å². The summed E-state index contributed by atoms with van der Waals surface area (Å²) in [5.74, 6) is 1.48. The van der Waals surface area contributed by atoms with E-state index in [4.69, 9.17) is 9.72 Å². The van der Waals surface area contributed by atoms with Gasteiger partial charge in [0.05, 0.1) is 12.2 Å². The number of nitrogens with zero attached hydrogens (tertiary/aromatic N) is 3. The van der Waals surface area contributed by atoms with E-state index in [0.29, 0.717) is 17.3 Å². The zero-order valence-electron chi connectivity index (χ0n) is 12.8. The molecule has 0 spiro atoms. The van der Waals surface area contributed by atoms with Crippen molar-refractivity contribution in [1.82, 2.24) is 19.7 Å². The monoisotopic (exact) mass is 302 g/mol. The van der Waals surface area contributed by atoms with Crippen LogP contribution in [0.5, 0.6) is 0 Å². The molecule has 2 fully saturated rings. The quantitative estimate of drug-likeness (QED) is 0.943. The number of aromatic nitrogens is 4. The second-order valence-electron chi connectivity index (χ2n) is 6.54. The molecule has 1 saturated carbocycles. The smallest absolute Gasteiger partial charge is 0.262 e. The molecule has 0 unspecified atom stereocenters. The van der Waals surface area contributed by atoms with Crippen molar-refractivity contribution in [3.8, 4) is 0 Å². The Labute approximate surface area is 128 Å². The minimum absolute atomic E-state index is 0.0590. The van der Waals surface area contributed by atoms with E-state index < -0.39 is 0 Å². The van der Waals surface area contributed by atoms with Crippen molar-refractivity contribution >= 4 is 11.0 Å². The van der Waals surface area contributed by atoms with Crippen LogP contribution in [0.2, 0.25) is 0 Å². The van der Waals surface area contributed by atoms with Crippen molar-refractivity contribution in [3.63, 3.8) is 0 Å². The summed E-state index contributed by atoms with van der Waals surface area (Å²) in [7, 11) is 0. The Kier molecular flexibility index (Phi) is 3.70. The lowest BCUT2D eigenvalue weighted by molar-refractivity contribution is 0.0673. The fourth-order valence-electron chi connectivity index (χ4n) is 3.76. The molecule has 4 rings (SSSR count). The van der Waals surface area contributed by atoms with Crippen molar-refractivity contribution in [2.75, 3.05) is 13.2 Å². The molecule has 3 heterocycles. The topological polar surface area (TPSA) is 72.8 Å². The maximum absolute atomic E-state index is 12.3. The Balaban J connectivity index is 1.69. The van der Waals surface area contributed by atoms with Crippen molar-refractivity contribution in [3.05, 3.63) is 22.4 Å². The molecule has 1 N–H and O–H groups in total. The van der Waals surface area contributed by atoms with Crippen LogP contribution in [0.25, 0.3) is 11.0 Å². The van der Waals surface area contributed by atoms with E-state index in [2.05, 4.69) is 10.1 Å². The Morgan fingerprint density at radius 3 is 2.77 bits per heavy atom. The molecule has 22 heavy (non-hydrogen) atoms. The maximum atomic E-state index is 12.3. The number of aromatic amines is 1. The van der Waals surface area contributed by atoms with E-state index >= 15 is 0 Å². The number of fused-ring (bicyclic) bond motifs is 1. The van der Waals surface area contributed by atoms with E-state index in [1.165, 1.54) is 25.7 Å². The molecule has 0 bridgehead atoms. The third kappa shape index (κ3) is 2.56. The molecule has 1 aliphatic carbocycles. The minimum atomic E-state index is -0.0590. The molecule has 1 saturated heterocycles. The predicted octanol–water partition coefficient (Wildman–Crippen LogP) is 2.20. The molecular weight excluding hydrogens is 280 g/mol. The summed E-state index contributed by atoms with van der Waals surface area (Å²) in [5, 5.41) is 5.03. The van der Waals surface area contributed by atoms with Crippen LogP contribution in [-0.2, 0) is 11.2 Å². The van der Waals surface area contributed by atoms with Crippen molar-refractivity contribution < 1.29 is 4.74 Å². The van der Waals surface area contributed by atoms with Crippen LogP contribution in [0.1, 0.15) is 50.4 Å². The molecule has 0 radical (unpaired) electrons. The number of nitrogens with one attached hydrogen (secondary N) is 1. The molecule has 2 aromatic rings. The largest absolute Gasteiger partial charge is 0.381 e. The molecule has 0 atom stereocenters. The zero-order chi connectivity index (χ0) is 14.9. The van der Waals surface area contributed by atoms with Gasteiger partial charge in [0.25, 0.3) is 5.56 Å². The van der Waals surface area contributed by atoms with Crippen molar-refractivity contribution in [1.29, 1.82) is 0 Å². The molecule has 6 nitrogen and oxygen atoms in total. The van der Waals surface area contributed by atoms with Gasteiger partial charge in [-0.25, -0.2) is 9.67 Å². The zero-order valence-corrected chi connectivity index (χ0v) is 12.8. The highest BCUT2D eigenvalue weighted by molar-refractivity contribution is 5.73. The van der Waals surface area contributed by atoms with Crippen molar-refractivity contribution in [2.24, 2.45) is 5.92 Å². The highest BCUT2D eigenvalue weighted by Crippen LogP contribution is 2.27. The average molecular weight is 302 g/mol. The van der Waals surface area contributed by atoms with Crippen LogP contribution in [0.3, 0.4) is 0 Å². The maximum Gasteiger partial charge on any atom is 0.262 e. The Morgan fingerprint density at radius 1 is 1.23 bits per heavy atom. The molecule has 0 aromatic carbocycles. The number of H-pyrrole nitrogens is 1. The summed E-state index contributed by atoms with van der Waals surface area (Å²) in [4.78, 5) is 20.0. The lowest BCUT2D eigenvalue weighted by Crippen LogP contribution is -2.22. The fraction of sp³-hybridized carbons (Fsp3) is 0.688. The lowest BCUT2D eigenvalue weighted by Gasteiger charge is -2.22. The van der Waals surface area contributed by atoms with E-state index in [1.54, 1.807) is 6.20 Å². The summed E-state index contributed by atoms with van der Waals surface area (Å²) in [5.41, 5.74) is 0.681. The third-order valence-corrected chi connectivity index (χ3v) is 5.01. The van der Waals surface area contributed by atoms with Gasteiger partial charge in [-0.15, -0.1) is 0 Å². The SMILES string of the molecule is O=c1[nH]c(CC2CCCC2)nc2c1cnn2C1CCOCC1. The predicted molar refractivity (Wildman–Crippen MR) is 82.9 cm³/mol.